The van der Waals surface area contributed by atoms with Gasteiger partial charge in [-0.3, -0.25) is 14.7 Å². The highest BCUT2D eigenvalue weighted by Crippen LogP contribution is 2.18. The minimum atomic E-state index is -0.174. The first kappa shape index (κ1) is 17.3. The van der Waals surface area contributed by atoms with Crippen molar-refractivity contribution in [3.05, 3.63) is 46.9 Å². The number of hydrogen-bond acceptors (Lipinski definition) is 5. The fourth-order valence-electron chi connectivity index (χ4n) is 3.46. The first-order valence-corrected chi connectivity index (χ1v) is 9.26. The molecule has 0 aliphatic carbocycles. The number of benzene rings is 1. The third-order valence-electron chi connectivity index (χ3n) is 4.83. The molecule has 3 heterocycles. The molecule has 0 spiro atoms. The topological polar surface area (TPSA) is 95.9 Å². The number of aromatic nitrogens is 4. The van der Waals surface area contributed by atoms with Gasteiger partial charge in [-0.25, -0.2) is 4.98 Å². The number of H-pyrrole nitrogens is 1. The summed E-state index contributed by atoms with van der Waals surface area (Å²) in [5.74, 6) is 0.856. The van der Waals surface area contributed by atoms with Crippen LogP contribution < -0.4 is 15.8 Å². The SMILES string of the molecule is O=C(CCn1c(=O)c(N2CCCCC2)nc2ccccc21)Nc1ccn[nH]1. The molecule has 0 saturated carbocycles. The Kier molecular flexibility index (Phi) is 4.86. The number of aryl methyl sites for hydroxylation is 1. The first-order chi connectivity index (χ1) is 13.2. The van der Waals surface area contributed by atoms with E-state index >= 15 is 0 Å². The van der Waals surface area contributed by atoms with Gasteiger partial charge >= 0.3 is 0 Å². The summed E-state index contributed by atoms with van der Waals surface area (Å²) >= 11 is 0. The number of piperidine rings is 1. The molecule has 8 nitrogen and oxygen atoms in total. The molecule has 2 aromatic heterocycles. The fraction of sp³-hybridized carbons (Fsp3) is 0.368. The van der Waals surface area contributed by atoms with E-state index in [0.717, 1.165) is 37.0 Å². The highest BCUT2D eigenvalue weighted by molar-refractivity contribution is 5.89. The molecule has 8 heteroatoms. The molecule has 0 atom stereocenters. The van der Waals surface area contributed by atoms with Crippen molar-refractivity contribution < 1.29 is 4.79 Å². The Hall–Kier alpha value is -3.16. The lowest BCUT2D eigenvalue weighted by Crippen LogP contribution is -2.37. The molecular weight excluding hydrogens is 344 g/mol. The van der Waals surface area contributed by atoms with E-state index in [1.807, 2.05) is 24.3 Å². The van der Waals surface area contributed by atoms with Crippen molar-refractivity contribution in [2.75, 3.05) is 23.3 Å². The standard InChI is InChI=1S/C19H22N6O2/c26-17(22-16-8-10-20-23-16)9-13-25-15-7-3-2-6-14(15)21-18(19(25)27)24-11-4-1-5-12-24/h2-3,6-8,10H,1,4-5,9,11-13H2,(H2,20,22,23,26). The number of amides is 1. The molecule has 1 saturated heterocycles. The molecule has 4 rings (SSSR count). The number of hydrogen-bond donors (Lipinski definition) is 2. The number of rotatable bonds is 5. The molecule has 1 fully saturated rings. The monoisotopic (exact) mass is 366 g/mol. The number of nitrogens with zero attached hydrogens (tertiary/aromatic N) is 4. The lowest BCUT2D eigenvalue weighted by Gasteiger charge is -2.27. The van der Waals surface area contributed by atoms with Gasteiger partial charge in [0.15, 0.2) is 5.82 Å². The van der Waals surface area contributed by atoms with Gasteiger partial charge < -0.3 is 14.8 Å². The number of nitrogens with one attached hydrogen (secondary N) is 2. The predicted octanol–water partition coefficient (Wildman–Crippen LogP) is 2.14. The third kappa shape index (κ3) is 3.69. The molecule has 2 N–H and O–H groups in total. The zero-order valence-electron chi connectivity index (χ0n) is 15.0. The van der Waals surface area contributed by atoms with Gasteiger partial charge in [0, 0.05) is 32.1 Å². The Morgan fingerprint density at radius 1 is 1.15 bits per heavy atom. The highest BCUT2D eigenvalue weighted by Gasteiger charge is 2.19. The number of carbonyl (C=O) groups excluding carboxylic acids is 1. The van der Waals surface area contributed by atoms with Crippen LogP contribution in [0.15, 0.2) is 41.3 Å². The maximum atomic E-state index is 13.1. The summed E-state index contributed by atoms with van der Waals surface area (Å²) in [7, 11) is 0. The van der Waals surface area contributed by atoms with Crippen LogP contribution in [0, 0.1) is 0 Å². The Labute approximate surface area is 156 Å². The summed E-state index contributed by atoms with van der Waals surface area (Å²) in [5, 5.41) is 9.23. The number of carbonyl (C=O) groups is 1. The van der Waals surface area contributed by atoms with E-state index in [-0.39, 0.29) is 17.9 Å². The van der Waals surface area contributed by atoms with Gasteiger partial charge in [0.05, 0.1) is 17.2 Å². The third-order valence-corrected chi connectivity index (χ3v) is 4.83. The van der Waals surface area contributed by atoms with Gasteiger partial charge in [-0.2, -0.15) is 5.10 Å². The summed E-state index contributed by atoms with van der Waals surface area (Å²) in [6.45, 7) is 1.99. The zero-order valence-corrected chi connectivity index (χ0v) is 15.0. The number of anilines is 2. The van der Waals surface area contributed by atoms with E-state index < -0.39 is 0 Å². The van der Waals surface area contributed by atoms with Crippen LogP contribution in [0.4, 0.5) is 11.6 Å². The van der Waals surface area contributed by atoms with E-state index in [2.05, 4.69) is 25.4 Å². The second-order valence-electron chi connectivity index (χ2n) is 6.70. The van der Waals surface area contributed by atoms with Gasteiger partial charge in [-0.15, -0.1) is 0 Å². The molecular formula is C19H22N6O2. The molecule has 0 bridgehead atoms. The quantitative estimate of drug-likeness (QED) is 0.721. The van der Waals surface area contributed by atoms with Crippen LogP contribution >= 0.6 is 0 Å². The van der Waals surface area contributed by atoms with Crippen LogP contribution in [0.5, 0.6) is 0 Å². The highest BCUT2D eigenvalue weighted by atomic mass is 16.2. The van der Waals surface area contributed by atoms with E-state index in [0.29, 0.717) is 18.2 Å². The van der Waals surface area contributed by atoms with Crippen molar-refractivity contribution in [1.29, 1.82) is 0 Å². The zero-order chi connectivity index (χ0) is 18.6. The van der Waals surface area contributed by atoms with E-state index in [1.54, 1.807) is 16.8 Å². The summed E-state index contributed by atoms with van der Waals surface area (Å²) in [6, 6.07) is 9.25. The maximum absolute atomic E-state index is 13.1. The van der Waals surface area contributed by atoms with E-state index in [4.69, 9.17) is 0 Å². The average molecular weight is 366 g/mol. The molecule has 1 aromatic carbocycles. The lowest BCUT2D eigenvalue weighted by atomic mass is 10.1. The minimum absolute atomic E-state index is 0.134. The van der Waals surface area contributed by atoms with E-state index in [9.17, 15) is 9.59 Å². The van der Waals surface area contributed by atoms with Crippen molar-refractivity contribution in [2.45, 2.75) is 32.2 Å². The van der Waals surface area contributed by atoms with Crippen LogP contribution in [-0.2, 0) is 11.3 Å². The molecule has 140 valence electrons. The second kappa shape index (κ2) is 7.61. The van der Waals surface area contributed by atoms with Crippen LogP contribution in [0.2, 0.25) is 0 Å². The van der Waals surface area contributed by atoms with Crippen molar-refractivity contribution in [2.24, 2.45) is 0 Å². The molecule has 1 amide bonds. The van der Waals surface area contributed by atoms with Gasteiger partial charge in [-0.1, -0.05) is 12.1 Å². The predicted molar refractivity (Wildman–Crippen MR) is 104 cm³/mol. The van der Waals surface area contributed by atoms with Crippen molar-refractivity contribution in [3.63, 3.8) is 0 Å². The molecule has 1 aliphatic rings. The normalized spacial score (nSPS) is 14.4. The fourth-order valence-corrected chi connectivity index (χ4v) is 3.46. The van der Waals surface area contributed by atoms with Gasteiger partial charge in [0.2, 0.25) is 5.91 Å². The summed E-state index contributed by atoms with van der Waals surface area (Å²) in [4.78, 5) is 32.0. The molecule has 0 radical (unpaired) electrons. The Balaban J connectivity index is 1.62. The Bertz CT molecular complexity index is 989. The summed E-state index contributed by atoms with van der Waals surface area (Å²) in [5.41, 5.74) is 1.38. The number of aromatic amines is 1. The number of para-hydroxylation sites is 2. The van der Waals surface area contributed by atoms with E-state index in [1.165, 1.54) is 6.42 Å². The first-order valence-electron chi connectivity index (χ1n) is 9.26. The molecule has 1 aliphatic heterocycles. The van der Waals surface area contributed by atoms with Crippen LogP contribution in [-0.4, -0.2) is 38.7 Å². The lowest BCUT2D eigenvalue weighted by molar-refractivity contribution is -0.116. The van der Waals surface area contributed by atoms with Gasteiger partial charge in [0.1, 0.15) is 5.82 Å². The van der Waals surface area contributed by atoms with Crippen molar-refractivity contribution in [3.8, 4) is 0 Å². The van der Waals surface area contributed by atoms with Crippen LogP contribution in [0.25, 0.3) is 11.0 Å². The number of fused-ring (bicyclic) bond motifs is 1. The largest absolute Gasteiger partial charge is 0.352 e. The smallest absolute Gasteiger partial charge is 0.294 e. The summed E-state index contributed by atoms with van der Waals surface area (Å²) < 4.78 is 1.67. The molecule has 27 heavy (non-hydrogen) atoms. The van der Waals surface area contributed by atoms with Gasteiger partial charge in [-0.05, 0) is 31.4 Å². The summed E-state index contributed by atoms with van der Waals surface area (Å²) in [6.07, 6.45) is 5.08. The average Bonchev–Trinajstić information content (AvgIpc) is 3.20. The van der Waals surface area contributed by atoms with Crippen molar-refractivity contribution >= 4 is 28.6 Å². The second-order valence-corrected chi connectivity index (χ2v) is 6.70. The maximum Gasteiger partial charge on any atom is 0.294 e. The Morgan fingerprint density at radius 3 is 2.74 bits per heavy atom. The van der Waals surface area contributed by atoms with Crippen molar-refractivity contribution in [1.82, 2.24) is 19.7 Å². The van der Waals surface area contributed by atoms with Crippen LogP contribution in [0.3, 0.4) is 0 Å². The molecule has 3 aromatic rings. The van der Waals surface area contributed by atoms with Crippen LogP contribution in [0.1, 0.15) is 25.7 Å². The Morgan fingerprint density at radius 2 is 1.96 bits per heavy atom. The van der Waals surface area contributed by atoms with Gasteiger partial charge in [0.25, 0.3) is 5.56 Å². The molecule has 0 unspecified atom stereocenters. The minimum Gasteiger partial charge on any atom is -0.352 e.